The average molecular weight is 439 g/mol. The van der Waals surface area contributed by atoms with Crippen LogP contribution in [0.3, 0.4) is 0 Å². The van der Waals surface area contributed by atoms with Gasteiger partial charge in [-0.1, -0.05) is 120 Å². The van der Waals surface area contributed by atoms with Crippen LogP contribution >= 0.6 is 0 Å². The molecule has 5 rings (SSSR count). The molecule has 0 amide bonds. The summed E-state index contributed by atoms with van der Waals surface area (Å²) < 4.78 is 0. The number of hydrogen-bond acceptors (Lipinski definition) is 0. The van der Waals surface area contributed by atoms with Gasteiger partial charge in [-0.15, -0.1) is 0 Å². The van der Waals surface area contributed by atoms with E-state index >= 15 is 0 Å². The first-order valence-electron chi connectivity index (χ1n) is 11.9. The van der Waals surface area contributed by atoms with Gasteiger partial charge in [0.15, 0.2) is 0 Å². The van der Waals surface area contributed by atoms with Crippen molar-refractivity contribution < 1.29 is 0 Å². The Morgan fingerprint density at radius 3 is 0.853 bits per heavy atom. The maximum atomic E-state index is 2.27. The minimum absolute atomic E-state index is 1.24. The first kappa shape index (κ1) is 21.9. The van der Waals surface area contributed by atoms with Crippen molar-refractivity contribution in [1.82, 2.24) is 0 Å². The Balaban J connectivity index is 1.36. The Morgan fingerprint density at radius 1 is 0.294 bits per heavy atom. The molecular formula is C34H30. The van der Waals surface area contributed by atoms with E-state index in [4.69, 9.17) is 0 Å². The van der Waals surface area contributed by atoms with Gasteiger partial charge in [-0.25, -0.2) is 0 Å². The molecule has 5 aromatic rings. The van der Waals surface area contributed by atoms with Gasteiger partial charge in [0, 0.05) is 0 Å². The Bertz CT molecular complexity index is 1320. The van der Waals surface area contributed by atoms with Crippen LogP contribution in [-0.4, -0.2) is 0 Å². The van der Waals surface area contributed by atoms with E-state index in [0.29, 0.717) is 0 Å². The van der Waals surface area contributed by atoms with Crippen molar-refractivity contribution >= 4 is 0 Å². The molecule has 0 aliphatic heterocycles. The lowest BCUT2D eigenvalue weighted by molar-refractivity contribution is 1.39. The standard InChI is InChI=1S/C34H30/c1-23-5-7-25(3)33(21-23)31-17-13-29(14-18-31)27-9-11-28(12-10-27)30-15-19-32(20-16-30)34-22-24(2)6-8-26(34)4/h5-22H,1-4H3. The molecule has 0 unspecified atom stereocenters. The van der Waals surface area contributed by atoms with E-state index in [9.17, 15) is 0 Å². The smallest absolute Gasteiger partial charge is 0.0152 e. The molecule has 0 saturated heterocycles. The van der Waals surface area contributed by atoms with Crippen LogP contribution in [0, 0.1) is 27.7 Å². The maximum Gasteiger partial charge on any atom is -0.0152 e. The maximum absolute atomic E-state index is 2.27. The fourth-order valence-electron chi connectivity index (χ4n) is 4.63. The van der Waals surface area contributed by atoms with Gasteiger partial charge in [-0.3, -0.25) is 0 Å². The Morgan fingerprint density at radius 2 is 0.559 bits per heavy atom. The second-order valence-corrected chi connectivity index (χ2v) is 9.37. The molecule has 0 bridgehead atoms. The highest BCUT2D eigenvalue weighted by atomic mass is 14.1. The van der Waals surface area contributed by atoms with Gasteiger partial charge in [0.05, 0.1) is 0 Å². The summed E-state index contributed by atoms with van der Waals surface area (Å²) in [4.78, 5) is 0. The van der Waals surface area contributed by atoms with Crippen molar-refractivity contribution in [3.8, 4) is 44.5 Å². The Labute approximate surface area is 203 Å². The third kappa shape index (κ3) is 4.45. The number of aryl methyl sites for hydroxylation is 4. The quantitative estimate of drug-likeness (QED) is 0.262. The molecule has 0 aromatic heterocycles. The summed E-state index contributed by atoms with van der Waals surface area (Å²) in [5.41, 5.74) is 15.3. The predicted octanol–water partition coefficient (Wildman–Crippen LogP) is 9.59. The Hall–Kier alpha value is -3.90. The fraction of sp³-hybridized carbons (Fsp3) is 0.118. The molecule has 0 saturated carbocycles. The van der Waals surface area contributed by atoms with Crippen molar-refractivity contribution in [2.24, 2.45) is 0 Å². The highest BCUT2D eigenvalue weighted by Crippen LogP contribution is 2.31. The fourth-order valence-corrected chi connectivity index (χ4v) is 4.63. The molecule has 0 spiro atoms. The SMILES string of the molecule is Cc1ccc(C)c(-c2ccc(-c3ccc(-c4ccc(-c5cc(C)ccc5C)cc4)cc3)cc2)c1. The molecule has 0 atom stereocenters. The molecule has 5 aromatic carbocycles. The topological polar surface area (TPSA) is 0 Å². The van der Waals surface area contributed by atoms with Crippen molar-refractivity contribution in [2.75, 3.05) is 0 Å². The second-order valence-electron chi connectivity index (χ2n) is 9.37. The van der Waals surface area contributed by atoms with Crippen LogP contribution in [0.4, 0.5) is 0 Å². The van der Waals surface area contributed by atoms with Gasteiger partial charge < -0.3 is 0 Å². The summed E-state index contributed by atoms with van der Waals surface area (Å²) >= 11 is 0. The third-order valence-electron chi connectivity index (χ3n) is 6.73. The van der Waals surface area contributed by atoms with Gasteiger partial charge in [0.25, 0.3) is 0 Å². The monoisotopic (exact) mass is 438 g/mol. The highest BCUT2D eigenvalue weighted by molar-refractivity contribution is 5.76. The lowest BCUT2D eigenvalue weighted by Crippen LogP contribution is -1.86. The van der Waals surface area contributed by atoms with Crippen LogP contribution in [0.2, 0.25) is 0 Å². The third-order valence-corrected chi connectivity index (χ3v) is 6.73. The minimum Gasteiger partial charge on any atom is -0.0590 e. The lowest BCUT2D eigenvalue weighted by Gasteiger charge is -2.10. The molecular weight excluding hydrogens is 408 g/mol. The summed E-state index contributed by atoms with van der Waals surface area (Å²) in [7, 11) is 0. The molecule has 0 aliphatic carbocycles. The number of benzene rings is 5. The van der Waals surface area contributed by atoms with Gasteiger partial charge in [0.1, 0.15) is 0 Å². The first-order valence-corrected chi connectivity index (χ1v) is 11.9. The summed E-state index contributed by atoms with van der Waals surface area (Å²) in [5.74, 6) is 0. The molecule has 34 heavy (non-hydrogen) atoms. The number of hydrogen-bond donors (Lipinski definition) is 0. The normalized spacial score (nSPS) is 10.9. The molecule has 0 N–H and O–H groups in total. The minimum atomic E-state index is 1.24. The summed E-state index contributed by atoms with van der Waals surface area (Å²) in [6, 6.07) is 40.0. The van der Waals surface area contributed by atoms with Crippen LogP contribution in [-0.2, 0) is 0 Å². The van der Waals surface area contributed by atoms with E-state index < -0.39 is 0 Å². The number of rotatable bonds is 4. The summed E-state index contributed by atoms with van der Waals surface area (Å²) in [6.07, 6.45) is 0. The van der Waals surface area contributed by atoms with E-state index in [1.165, 1.54) is 66.8 Å². The predicted molar refractivity (Wildman–Crippen MR) is 147 cm³/mol. The lowest BCUT2D eigenvalue weighted by atomic mass is 9.94. The van der Waals surface area contributed by atoms with Crippen LogP contribution in [0.25, 0.3) is 44.5 Å². The molecule has 0 heterocycles. The molecule has 0 nitrogen and oxygen atoms in total. The van der Waals surface area contributed by atoms with Gasteiger partial charge in [-0.05, 0) is 83.3 Å². The van der Waals surface area contributed by atoms with Crippen molar-refractivity contribution in [3.05, 3.63) is 131 Å². The van der Waals surface area contributed by atoms with Crippen molar-refractivity contribution in [1.29, 1.82) is 0 Å². The molecule has 0 aliphatic rings. The van der Waals surface area contributed by atoms with Gasteiger partial charge in [-0.2, -0.15) is 0 Å². The zero-order chi connectivity index (χ0) is 23.7. The van der Waals surface area contributed by atoms with E-state index in [1.807, 2.05) is 0 Å². The zero-order valence-corrected chi connectivity index (χ0v) is 20.4. The van der Waals surface area contributed by atoms with Crippen molar-refractivity contribution in [3.63, 3.8) is 0 Å². The molecule has 0 fully saturated rings. The first-order chi connectivity index (χ1) is 16.5. The molecule has 166 valence electrons. The van der Waals surface area contributed by atoms with Gasteiger partial charge in [0.2, 0.25) is 0 Å². The van der Waals surface area contributed by atoms with Crippen LogP contribution in [0.5, 0.6) is 0 Å². The summed E-state index contributed by atoms with van der Waals surface area (Å²) in [6.45, 7) is 8.65. The van der Waals surface area contributed by atoms with E-state index in [-0.39, 0.29) is 0 Å². The largest absolute Gasteiger partial charge is 0.0590 e. The van der Waals surface area contributed by atoms with E-state index in [1.54, 1.807) is 0 Å². The van der Waals surface area contributed by atoms with E-state index in [0.717, 1.165) is 0 Å². The molecule has 0 radical (unpaired) electrons. The second kappa shape index (κ2) is 9.15. The van der Waals surface area contributed by atoms with Gasteiger partial charge >= 0.3 is 0 Å². The van der Waals surface area contributed by atoms with Crippen LogP contribution < -0.4 is 0 Å². The summed E-state index contributed by atoms with van der Waals surface area (Å²) in [5, 5.41) is 0. The Kier molecular flexibility index (Phi) is 5.90. The van der Waals surface area contributed by atoms with Crippen LogP contribution in [0.1, 0.15) is 22.3 Å². The van der Waals surface area contributed by atoms with E-state index in [2.05, 4.69) is 137 Å². The van der Waals surface area contributed by atoms with Crippen molar-refractivity contribution in [2.45, 2.75) is 27.7 Å². The molecule has 0 heteroatoms. The van der Waals surface area contributed by atoms with Crippen LogP contribution in [0.15, 0.2) is 109 Å². The highest BCUT2D eigenvalue weighted by Gasteiger charge is 2.06. The average Bonchev–Trinajstić information content (AvgIpc) is 2.87. The zero-order valence-electron chi connectivity index (χ0n) is 20.4.